The lowest BCUT2D eigenvalue weighted by Gasteiger charge is -2.19. The van der Waals surface area contributed by atoms with Crippen molar-refractivity contribution in [1.29, 1.82) is 0 Å². The number of aryl methyl sites for hydroxylation is 2. The molecule has 0 saturated heterocycles. The summed E-state index contributed by atoms with van der Waals surface area (Å²) in [6.07, 6.45) is 2.01. The predicted octanol–water partition coefficient (Wildman–Crippen LogP) is 3.56. The fraction of sp³-hybridized carbons (Fsp3) is 0.429. The van der Waals surface area contributed by atoms with E-state index in [0.717, 1.165) is 23.4 Å². The number of aromatic nitrogens is 3. The van der Waals surface area contributed by atoms with Crippen LogP contribution >= 0.6 is 11.6 Å². The van der Waals surface area contributed by atoms with Gasteiger partial charge in [0.1, 0.15) is 12.0 Å². The summed E-state index contributed by atoms with van der Waals surface area (Å²) in [6.45, 7) is 6.00. The maximum Gasteiger partial charge on any atom is 0.289 e. The second-order valence-corrected chi connectivity index (χ2v) is 5.50. The fourth-order valence-corrected chi connectivity index (χ4v) is 2.69. The molecule has 1 N–H and O–H groups in total. The van der Waals surface area contributed by atoms with Crippen LogP contribution < -0.4 is 5.32 Å². The molecule has 118 valence electrons. The largest absolute Gasteiger partial charge is 0.362 e. The average molecular weight is 324 g/mol. The Hall–Kier alpha value is -2.15. The minimum atomic E-state index is -0.518. The first kappa shape index (κ1) is 16.2. The van der Waals surface area contributed by atoms with Gasteiger partial charge >= 0.3 is 0 Å². The van der Waals surface area contributed by atoms with Crippen LogP contribution in [0.25, 0.3) is 0 Å². The Balaban J connectivity index is 2.33. The number of pyridine rings is 1. The van der Waals surface area contributed by atoms with Crippen molar-refractivity contribution in [3.8, 4) is 0 Å². The van der Waals surface area contributed by atoms with Crippen molar-refractivity contribution in [1.82, 2.24) is 14.8 Å². The van der Waals surface area contributed by atoms with E-state index in [1.54, 1.807) is 0 Å². The highest BCUT2D eigenvalue weighted by molar-refractivity contribution is 6.33. The van der Waals surface area contributed by atoms with E-state index in [2.05, 4.69) is 15.4 Å². The topological polar surface area (TPSA) is 85.9 Å². The quantitative estimate of drug-likeness (QED) is 0.671. The normalized spacial score (nSPS) is 12.2. The Kier molecular flexibility index (Phi) is 4.65. The molecular weight excluding hydrogens is 306 g/mol. The van der Waals surface area contributed by atoms with Gasteiger partial charge in [0.25, 0.3) is 5.69 Å². The summed E-state index contributed by atoms with van der Waals surface area (Å²) in [7, 11) is 1.90. The summed E-state index contributed by atoms with van der Waals surface area (Å²) in [5, 5.41) is 18.6. The molecule has 0 spiro atoms. The van der Waals surface area contributed by atoms with Gasteiger partial charge in [-0.25, -0.2) is 4.98 Å². The van der Waals surface area contributed by atoms with Gasteiger partial charge in [0.05, 0.1) is 21.7 Å². The van der Waals surface area contributed by atoms with Crippen LogP contribution in [0.5, 0.6) is 0 Å². The third kappa shape index (κ3) is 3.04. The van der Waals surface area contributed by atoms with Gasteiger partial charge in [0.15, 0.2) is 0 Å². The molecule has 22 heavy (non-hydrogen) atoms. The third-order valence-corrected chi connectivity index (χ3v) is 3.96. The van der Waals surface area contributed by atoms with Gasteiger partial charge in [0, 0.05) is 24.4 Å². The Morgan fingerprint density at radius 2 is 2.18 bits per heavy atom. The standard InChI is InChI=1S/C14H18ClN5O2/c1-5-12(13-8(2)18-19(4)9(13)3)17-14-11(15)6-10(7-16-14)20(21)22/h6-7,12H,5H2,1-4H3,(H,16,17). The monoisotopic (exact) mass is 323 g/mol. The van der Waals surface area contributed by atoms with Gasteiger partial charge in [-0.1, -0.05) is 18.5 Å². The molecule has 1 unspecified atom stereocenters. The number of rotatable bonds is 5. The molecule has 0 aliphatic rings. The number of hydrogen-bond acceptors (Lipinski definition) is 5. The van der Waals surface area contributed by atoms with E-state index in [1.807, 2.05) is 32.5 Å². The van der Waals surface area contributed by atoms with Crippen LogP contribution in [0.4, 0.5) is 11.5 Å². The number of anilines is 1. The first-order valence-electron chi connectivity index (χ1n) is 6.91. The summed E-state index contributed by atoms with van der Waals surface area (Å²) in [4.78, 5) is 14.3. The van der Waals surface area contributed by atoms with Crippen LogP contribution in [0.1, 0.15) is 36.3 Å². The van der Waals surface area contributed by atoms with Gasteiger partial charge in [-0.05, 0) is 20.3 Å². The molecule has 0 amide bonds. The summed E-state index contributed by atoms with van der Waals surface area (Å²) in [5.74, 6) is 0.432. The highest BCUT2D eigenvalue weighted by atomic mass is 35.5. The molecule has 1 atom stereocenters. The second-order valence-electron chi connectivity index (χ2n) is 5.09. The molecule has 0 aliphatic carbocycles. The van der Waals surface area contributed by atoms with E-state index in [1.165, 1.54) is 12.3 Å². The number of hydrogen-bond donors (Lipinski definition) is 1. The zero-order chi connectivity index (χ0) is 16.4. The van der Waals surface area contributed by atoms with Crippen molar-refractivity contribution in [3.63, 3.8) is 0 Å². The second kappa shape index (κ2) is 6.31. The summed E-state index contributed by atoms with van der Waals surface area (Å²) >= 11 is 6.10. The van der Waals surface area contributed by atoms with Gasteiger partial charge in [-0.15, -0.1) is 0 Å². The van der Waals surface area contributed by atoms with Gasteiger partial charge < -0.3 is 5.32 Å². The Bertz CT molecular complexity index is 713. The molecule has 0 radical (unpaired) electrons. The summed E-state index contributed by atoms with van der Waals surface area (Å²) in [6, 6.07) is 1.28. The van der Waals surface area contributed by atoms with Crippen LogP contribution in [0.2, 0.25) is 5.02 Å². The number of nitro groups is 1. The van der Waals surface area contributed by atoms with E-state index >= 15 is 0 Å². The molecule has 2 rings (SSSR count). The molecule has 7 nitrogen and oxygen atoms in total. The molecule has 0 saturated carbocycles. The number of nitrogens with zero attached hydrogens (tertiary/aromatic N) is 4. The zero-order valence-electron chi connectivity index (χ0n) is 12.9. The van der Waals surface area contributed by atoms with Gasteiger partial charge in [-0.2, -0.15) is 5.10 Å². The highest BCUT2D eigenvalue weighted by Gasteiger charge is 2.20. The van der Waals surface area contributed by atoms with Crippen molar-refractivity contribution >= 4 is 23.1 Å². The predicted molar refractivity (Wildman–Crippen MR) is 85.2 cm³/mol. The molecule has 2 aromatic heterocycles. The van der Waals surface area contributed by atoms with Gasteiger partial charge in [0.2, 0.25) is 0 Å². The lowest BCUT2D eigenvalue weighted by Crippen LogP contribution is -2.13. The zero-order valence-corrected chi connectivity index (χ0v) is 13.7. The smallest absolute Gasteiger partial charge is 0.289 e. The lowest BCUT2D eigenvalue weighted by atomic mass is 10.0. The molecule has 8 heteroatoms. The van der Waals surface area contributed by atoms with E-state index < -0.39 is 4.92 Å². The van der Waals surface area contributed by atoms with Crippen molar-refractivity contribution in [3.05, 3.63) is 44.4 Å². The van der Waals surface area contributed by atoms with Crippen molar-refractivity contribution in [2.75, 3.05) is 5.32 Å². The van der Waals surface area contributed by atoms with E-state index in [-0.39, 0.29) is 16.8 Å². The molecule has 0 fully saturated rings. The number of halogens is 1. The summed E-state index contributed by atoms with van der Waals surface area (Å²) < 4.78 is 1.83. The van der Waals surface area contributed by atoms with Crippen molar-refractivity contribution in [2.45, 2.75) is 33.2 Å². The Morgan fingerprint density at radius 1 is 1.50 bits per heavy atom. The van der Waals surface area contributed by atoms with Crippen LogP contribution in [-0.4, -0.2) is 19.7 Å². The molecule has 2 heterocycles. The average Bonchev–Trinajstić information content (AvgIpc) is 2.71. The van der Waals surface area contributed by atoms with Gasteiger partial charge in [-0.3, -0.25) is 14.8 Å². The first-order valence-corrected chi connectivity index (χ1v) is 7.29. The van der Waals surface area contributed by atoms with Crippen LogP contribution in [-0.2, 0) is 7.05 Å². The maximum atomic E-state index is 10.7. The first-order chi connectivity index (χ1) is 10.3. The Morgan fingerprint density at radius 3 is 2.64 bits per heavy atom. The molecular formula is C14H18ClN5O2. The SMILES string of the molecule is CCC(Nc1ncc([N+](=O)[O-])cc1Cl)c1c(C)nn(C)c1C. The molecule has 2 aromatic rings. The third-order valence-electron chi connectivity index (χ3n) is 3.67. The van der Waals surface area contributed by atoms with Crippen molar-refractivity contribution < 1.29 is 4.92 Å². The fourth-order valence-electron chi connectivity index (χ4n) is 2.47. The van der Waals surface area contributed by atoms with E-state index in [4.69, 9.17) is 11.6 Å². The minimum absolute atomic E-state index is 0.0137. The van der Waals surface area contributed by atoms with Crippen LogP contribution in [0.15, 0.2) is 12.3 Å². The van der Waals surface area contributed by atoms with E-state index in [0.29, 0.717) is 5.82 Å². The van der Waals surface area contributed by atoms with E-state index in [9.17, 15) is 10.1 Å². The number of nitrogens with one attached hydrogen (secondary N) is 1. The molecule has 0 aromatic carbocycles. The summed E-state index contributed by atoms with van der Waals surface area (Å²) in [5.41, 5.74) is 2.98. The lowest BCUT2D eigenvalue weighted by molar-refractivity contribution is -0.385. The molecule has 0 aliphatic heterocycles. The highest BCUT2D eigenvalue weighted by Crippen LogP contribution is 2.31. The van der Waals surface area contributed by atoms with Crippen molar-refractivity contribution in [2.24, 2.45) is 7.05 Å². The maximum absolute atomic E-state index is 10.7. The molecule has 0 bridgehead atoms. The Labute approximate surface area is 133 Å². The minimum Gasteiger partial charge on any atom is -0.362 e. The van der Waals surface area contributed by atoms with Crippen LogP contribution in [0, 0.1) is 24.0 Å². The van der Waals surface area contributed by atoms with Crippen LogP contribution in [0.3, 0.4) is 0 Å².